The number of sulfonamides is 1. The van der Waals surface area contributed by atoms with Gasteiger partial charge in [0.25, 0.3) is 0 Å². The van der Waals surface area contributed by atoms with Crippen LogP contribution in [0.2, 0.25) is 0 Å². The van der Waals surface area contributed by atoms with E-state index in [0.717, 1.165) is 45.6 Å². The van der Waals surface area contributed by atoms with E-state index in [9.17, 15) is 21.6 Å². The topological polar surface area (TPSA) is 86.3 Å². The Hall–Kier alpha value is -0.380. The standard InChI is InChI=1S/C17H32F3N5O3S.HI/c1-21-16(22-13-14-3-7-24(8-4-14)11-12-28-2)23-15-5-9-25(10-6-15)29(26,27)17(18,19)20;/h14-15H,3-13H2,1-2H3,(H2,21,22,23);1H. The molecule has 0 aliphatic carbocycles. The lowest BCUT2D eigenvalue weighted by atomic mass is 9.97. The average Bonchev–Trinajstić information content (AvgIpc) is 2.69. The fourth-order valence-electron chi connectivity index (χ4n) is 3.65. The van der Waals surface area contributed by atoms with Crippen LogP contribution >= 0.6 is 24.0 Å². The number of guanidine groups is 1. The summed E-state index contributed by atoms with van der Waals surface area (Å²) in [5, 5.41) is 6.50. The lowest BCUT2D eigenvalue weighted by Crippen LogP contribution is -2.52. The average molecular weight is 571 g/mol. The van der Waals surface area contributed by atoms with Crippen molar-refractivity contribution < 1.29 is 26.3 Å². The molecular weight excluding hydrogens is 538 g/mol. The zero-order chi connectivity index (χ0) is 21.5. The second-order valence-corrected chi connectivity index (χ2v) is 9.43. The van der Waals surface area contributed by atoms with Crippen molar-refractivity contribution in [2.75, 3.05) is 60.0 Å². The predicted octanol–water partition coefficient (Wildman–Crippen LogP) is 1.44. The normalized spacial score (nSPS) is 21.3. The second kappa shape index (κ2) is 12.6. The summed E-state index contributed by atoms with van der Waals surface area (Å²) >= 11 is 0. The van der Waals surface area contributed by atoms with Gasteiger partial charge in [0.1, 0.15) is 0 Å². The van der Waals surface area contributed by atoms with Gasteiger partial charge in [-0.3, -0.25) is 4.99 Å². The highest BCUT2D eigenvalue weighted by atomic mass is 127. The first-order chi connectivity index (χ1) is 13.7. The van der Waals surface area contributed by atoms with Gasteiger partial charge in [0.15, 0.2) is 5.96 Å². The lowest BCUT2D eigenvalue weighted by molar-refractivity contribution is -0.0494. The van der Waals surface area contributed by atoms with Crippen LogP contribution in [0.25, 0.3) is 0 Å². The second-order valence-electron chi connectivity index (χ2n) is 7.50. The van der Waals surface area contributed by atoms with Crippen molar-refractivity contribution in [1.82, 2.24) is 19.8 Å². The molecule has 0 aromatic carbocycles. The van der Waals surface area contributed by atoms with E-state index in [1.807, 2.05) is 0 Å². The molecule has 2 aliphatic heterocycles. The van der Waals surface area contributed by atoms with Crippen LogP contribution in [0.3, 0.4) is 0 Å². The molecule has 2 aliphatic rings. The number of hydrogen-bond acceptors (Lipinski definition) is 5. The summed E-state index contributed by atoms with van der Waals surface area (Å²) < 4.78 is 66.6. The quantitative estimate of drug-likeness (QED) is 0.274. The van der Waals surface area contributed by atoms with Gasteiger partial charge in [0.2, 0.25) is 0 Å². The van der Waals surface area contributed by atoms with Crippen LogP contribution in [0.5, 0.6) is 0 Å². The van der Waals surface area contributed by atoms with Gasteiger partial charge in [-0.2, -0.15) is 17.5 Å². The molecule has 0 atom stereocenters. The molecule has 0 aromatic heterocycles. The van der Waals surface area contributed by atoms with E-state index in [1.165, 1.54) is 0 Å². The molecule has 0 spiro atoms. The third-order valence-electron chi connectivity index (χ3n) is 5.53. The number of methoxy groups -OCH3 is 1. The number of alkyl halides is 3. The molecule has 2 heterocycles. The van der Waals surface area contributed by atoms with Crippen LogP contribution in [-0.2, 0) is 14.8 Å². The molecule has 0 aromatic rings. The van der Waals surface area contributed by atoms with Crippen molar-refractivity contribution in [3.05, 3.63) is 0 Å². The van der Waals surface area contributed by atoms with Crippen molar-refractivity contribution in [3.63, 3.8) is 0 Å². The lowest BCUT2D eigenvalue weighted by Gasteiger charge is -2.34. The molecule has 13 heteroatoms. The molecule has 2 N–H and O–H groups in total. The van der Waals surface area contributed by atoms with Gasteiger partial charge in [0, 0.05) is 46.4 Å². The van der Waals surface area contributed by atoms with Crippen molar-refractivity contribution in [2.24, 2.45) is 10.9 Å². The van der Waals surface area contributed by atoms with Crippen LogP contribution in [0, 0.1) is 5.92 Å². The van der Waals surface area contributed by atoms with E-state index in [1.54, 1.807) is 14.2 Å². The number of likely N-dealkylation sites (tertiary alicyclic amines) is 1. The summed E-state index contributed by atoms with van der Waals surface area (Å²) in [6, 6.07) is -0.114. The Balaban J connectivity index is 0.00000450. The first-order valence-electron chi connectivity index (χ1n) is 9.92. The number of hydrogen-bond donors (Lipinski definition) is 2. The number of piperidine rings is 2. The molecule has 178 valence electrons. The first-order valence-corrected chi connectivity index (χ1v) is 11.4. The third kappa shape index (κ3) is 7.95. The molecule has 0 amide bonds. The maximum absolute atomic E-state index is 12.7. The zero-order valence-corrected chi connectivity index (χ0v) is 20.6. The molecule has 30 heavy (non-hydrogen) atoms. The number of ether oxygens (including phenoxy) is 1. The van der Waals surface area contributed by atoms with Gasteiger partial charge >= 0.3 is 15.5 Å². The Morgan fingerprint density at radius 1 is 1.13 bits per heavy atom. The van der Waals surface area contributed by atoms with Crippen LogP contribution in [-0.4, -0.2) is 95.2 Å². The van der Waals surface area contributed by atoms with E-state index in [2.05, 4.69) is 20.5 Å². The molecular formula is C17H33F3IN5O3S. The Kier molecular flexibility index (Phi) is 11.6. The summed E-state index contributed by atoms with van der Waals surface area (Å²) in [5.41, 5.74) is -5.25. The molecule has 8 nitrogen and oxygen atoms in total. The minimum Gasteiger partial charge on any atom is -0.383 e. The summed E-state index contributed by atoms with van der Waals surface area (Å²) in [7, 11) is -1.90. The number of halogens is 4. The summed E-state index contributed by atoms with van der Waals surface area (Å²) in [6.45, 7) is 4.22. The van der Waals surface area contributed by atoms with Crippen molar-refractivity contribution >= 4 is 40.0 Å². The van der Waals surface area contributed by atoms with Gasteiger partial charge in [-0.15, -0.1) is 24.0 Å². The van der Waals surface area contributed by atoms with E-state index in [-0.39, 0.29) is 43.1 Å². The smallest absolute Gasteiger partial charge is 0.383 e. The first kappa shape index (κ1) is 27.7. The highest BCUT2D eigenvalue weighted by Crippen LogP contribution is 2.28. The summed E-state index contributed by atoms with van der Waals surface area (Å²) in [6.07, 6.45) is 2.77. The fraction of sp³-hybridized carbons (Fsp3) is 0.941. The van der Waals surface area contributed by atoms with Gasteiger partial charge in [-0.05, 0) is 44.7 Å². The van der Waals surface area contributed by atoms with Crippen molar-refractivity contribution in [2.45, 2.75) is 37.2 Å². The van der Waals surface area contributed by atoms with Crippen LogP contribution in [0.1, 0.15) is 25.7 Å². The zero-order valence-electron chi connectivity index (χ0n) is 17.4. The maximum atomic E-state index is 12.7. The summed E-state index contributed by atoms with van der Waals surface area (Å²) in [5.74, 6) is 1.13. The Bertz CT molecular complexity index is 635. The molecule has 2 fully saturated rings. The van der Waals surface area contributed by atoms with Crippen LogP contribution in [0.15, 0.2) is 4.99 Å². The van der Waals surface area contributed by atoms with Crippen molar-refractivity contribution in [3.8, 4) is 0 Å². The van der Waals surface area contributed by atoms with Gasteiger partial charge < -0.3 is 20.3 Å². The molecule has 0 saturated carbocycles. The maximum Gasteiger partial charge on any atom is 0.511 e. The monoisotopic (exact) mass is 571 g/mol. The molecule has 0 unspecified atom stereocenters. The van der Waals surface area contributed by atoms with Gasteiger partial charge in [-0.25, -0.2) is 8.42 Å². The summed E-state index contributed by atoms with van der Waals surface area (Å²) in [4.78, 5) is 6.57. The minimum absolute atomic E-state index is 0. The largest absolute Gasteiger partial charge is 0.511 e. The highest BCUT2D eigenvalue weighted by Gasteiger charge is 2.50. The molecule has 0 bridgehead atoms. The number of nitrogens with zero attached hydrogens (tertiary/aromatic N) is 3. The fourth-order valence-corrected chi connectivity index (χ4v) is 4.63. The number of nitrogens with one attached hydrogen (secondary N) is 2. The molecule has 2 rings (SSSR count). The minimum atomic E-state index is -5.25. The van der Waals surface area contributed by atoms with E-state index < -0.39 is 15.5 Å². The molecule has 0 radical (unpaired) electrons. The Morgan fingerprint density at radius 3 is 2.23 bits per heavy atom. The Morgan fingerprint density at radius 2 is 1.73 bits per heavy atom. The van der Waals surface area contributed by atoms with E-state index >= 15 is 0 Å². The third-order valence-corrected chi connectivity index (χ3v) is 7.16. The number of rotatable bonds is 7. The highest BCUT2D eigenvalue weighted by molar-refractivity contribution is 14.0. The van der Waals surface area contributed by atoms with Crippen molar-refractivity contribution in [1.29, 1.82) is 0 Å². The SMILES string of the molecule is CN=C(NCC1CCN(CCOC)CC1)NC1CCN(S(=O)(=O)C(F)(F)F)CC1.I. The van der Waals surface area contributed by atoms with Gasteiger partial charge in [0.05, 0.1) is 6.61 Å². The number of aliphatic imine (C=N–C) groups is 1. The van der Waals surface area contributed by atoms with Gasteiger partial charge in [-0.1, -0.05) is 0 Å². The van der Waals surface area contributed by atoms with E-state index in [0.29, 0.717) is 29.0 Å². The molecule has 2 saturated heterocycles. The van der Waals surface area contributed by atoms with Crippen LogP contribution < -0.4 is 10.6 Å². The predicted molar refractivity (Wildman–Crippen MR) is 121 cm³/mol. The Labute approximate surface area is 194 Å². The van der Waals surface area contributed by atoms with Crippen LogP contribution in [0.4, 0.5) is 13.2 Å². The van der Waals surface area contributed by atoms with E-state index in [4.69, 9.17) is 4.74 Å².